The molecule has 0 fully saturated rings. The average Bonchev–Trinajstić information content (AvgIpc) is 3.27. The Balaban J connectivity index is 2.11. The molecule has 2 N–H and O–H groups in total. The number of allylic oxidation sites excluding steroid dienone is 1. The first-order chi connectivity index (χ1) is 12.5. The van der Waals surface area contributed by atoms with E-state index in [0.29, 0.717) is 0 Å². The molecule has 0 aliphatic carbocycles. The lowest BCUT2D eigenvalue weighted by atomic mass is 10.0. The van der Waals surface area contributed by atoms with Crippen molar-refractivity contribution in [2.45, 2.75) is 32.4 Å². The van der Waals surface area contributed by atoms with E-state index < -0.39 is 17.1 Å². The number of aromatic nitrogens is 2. The fourth-order valence-electron chi connectivity index (χ4n) is 2.87. The van der Waals surface area contributed by atoms with Crippen molar-refractivity contribution in [3.05, 3.63) is 61.4 Å². The molecule has 3 heterocycles. The summed E-state index contributed by atoms with van der Waals surface area (Å²) in [6.07, 6.45) is 1.97. The number of carbonyl (C=O) groups is 1. The maximum absolute atomic E-state index is 12.3. The number of aromatic amines is 1. The number of amides is 1. The van der Waals surface area contributed by atoms with E-state index in [2.05, 4.69) is 16.7 Å². The number of hydrogen-bond donors (Lipinski definition) is 2. The summed E-state index contributed by atoms with van der Waals surface area (Å²) in [5.41, 5.74) is -1.30. The molecule has 0 unspecified atom stereocenters. The zero-order chi connectivity index (χ0) is 18.8. The van der Waals surface area contributed by atoms with Gasteiger partial charge in [-0.05, 0) is 11.4 Å². The fourth-order valence-corrected chi connectivity index (χ4v) is 3.69. The molecular weight excluding hydrogens is 356 g/mol. The minimum absolute atomic E-state index is 0.0354. The highest BCUT2D eigenvalue weighted by atomic mass is 32.1. The molecule has 0 bridgehead atoms. The van der Waals surface area contributed by atoms with E-state index in [1.54, 1.807) is 6.92 Å². The van der Waals surface area contributed by atoms with Crippen LogP contribution in [0.15, 0.2) is 44.9 Å². The number of rotatable bonds is 5. The first-order valence-corrected chi connectivity index (χ1v) is 8.96. The zero-order valence-corrected chi connectivity index (χ0v) is 15.0. The number of aromatic hydroxyl groups is 1. The summed E-state index contributed by atoms with van der Waals surface area (Å²) < 4.78 is 0.997. The van der Waals surface area contributed by atoms with Crippen LogP contribution in [-0.2, 0) is 11.3 Å². The van der Waals surface area contributed by atoms with Gasteiger partial charge in [0.15, 0.2) is 0 Å². The van der Waals surface area contributed by atoms with Crippen molar-refractivity contribution in [1.82, 2.24) is 14.6 Å². The number of nitrogens with zero attached hydrogens (tertiary/aromatic N) is 3. The molecule has 1 aliphatic rings. The molecule has 26 heavy (non-hydrogen) atoms. The summed E-state index contributed by atoms with van der Waals surface area (Å²) >= 11 is 1.49. The molecule has 2 aromatic rings. The first-order valence-electron chi connectivity index (χ1n) is 8.08. The zero-order valence-electron chi connectivity index (χ0n) is 14.1. The minimum atomic E-state index is -0.734. The second-order valence-corrected chi connectivity index (χ2v) is 6.71. The van der Waals surface area contributed by atoms with Gasteiger partial charge in [-0.25, -0.2) is 9.80 Å². The van der Waals surface area contributed by atoms with Crippen LogP contribution < -0.4 is 11.2 Å². The third kappa shape index (κ3) is 3.01. The second kappa shape index (κ2) is 7.12. The van der Waals surface area contributed by atoms with Gasteiger partial charge in [-0.1, -0.05) is 19.1 Å². The summed E-state index contributed by atoms with van der Waals surface area (Å²) in [6.45, 7) is 5.30. The molecule has 9 heteroatoms. The van der Waals surface area contributed by atoms with E-state index in [9.17, 15) is 19.5 Å². The van der Waals surface area contributed by atoms with Crippen LogP contribution >= 0.6 is 11.3 Å². The van der Waals surface area contributed by atoms with Gasteiger partial charge in [0.25, 0.3) is 5.56 Å². The summed E-state index contributed by atoms with van der Waals surface area (Å²) in [5, 5.41) is 18.0. The van der Waals surface area contributed by atoms with E-state index >= 15 is 0 Å². The lowest BCUT2D eigenvalue weighted by molar-refractivity contribution is -0.132. The third-order valence-electron chi connectivity index (χ3n) is 4.11. The molecule has 2 aromatic heterocycles. The smallest absolute Gasteiger partial charge is 0.331 e. The van der Waals surface area contributed by atoms with Crippen LogP contribution in [0.4, 0.5) is 0 Å². The van der Waals surface area contributed by atoms with Crippen LogP contribution in [-0.4, -0.2) is 31.3 Å². The number of H-pyrrole nitrogens is 1. The molecule has 3 rings (SSSR count). The van der Waals surface area contributed by atoms with Crippen molar-refractivity contribution in [1.29, 1.82) is 0 Å². The van der Waals surface area contributed by atoms with Gasteiger partial charge in [0, 0.05) is 24.3 Å². The van der Waals surface area contributed by atoms with Crippen LogP contribution in [0.2, 0.25) is 0 Å². The standard InChI is InChI=1S/C17H18N4O4S/c1-3-7-20-16(24)14(15(23)18-17(20)25)10-9-11(12-6-5-8-26-12)21(19-10)13(22)4-2/h3,5-6,8,11,24H,1,4,7,9H2,2H3,(H,18,23,25)/t11-/m1/s1. The highest BCUT2D eigenvalue weighted by Gasteiger charge is 2.35. The third-order valence-corrected chi connectivity index (χ3v) is 5.09. The SMILES string of the molecule is C=CCn1c(O)c(C2=NN(C(=O)CC)[C@@H](c3cccs3)C2)c(=O)[nH]c1=O. The maximum atomic E-state index is 12.3. The number of nitrogens with one attached hydrogen (secondary N) is 1. The normalized spacial score (nSPS) is 16.6. The molecule has 0 saturated heterocycles. The molecule has 1 atom stereocenters. The Kier molecular flexibility index (Phi) is 4.90. The van der Waals surface area contributed by atoms with Crippen molar-refractivity contribution in [2.75, 3.05) is 0 Å². The molecule has 0 radical (unpaired) electrons. The number of hydrazone groups is 1. The Hall–Kier alpha value is -2.94. The number of carbonyl (C=O) groups excluding carboxylic acids is 1. The highest BCUT2D eigenvalue weighted by molar-refractivity contribution is 7.10. The molecule has 0 spiro atoms. The number of hydrogen-bond acceptors (Lipinski definition) is 6. The van der Waals surface area contributed by atoms with E-state index in [0.717, 1.165) is 9.44 Å². The predicted octanol–water partition coefficient (Wildman–Crippen LogP) is 1.58. The fraction of sp³-hybridized carbons (Fsp3) is 0.294. The Morgan fingerprint density at radius 3 is 2.92 bits per heavy atom. The molecule has 0 saturated carbocycles. The van der Waals surface area contributed by atoms with Gasteiger partial charge in [-0.3, -0.25) is 19.1 Å². The second-order valence-electron chi connectivity index (χ2n) is 5.73. The molecule has 1 aliphatic heterocycles. The molecule has 1 amide bonds. The van der Waals surface area contributed by atoms with Gasteiger partial charge in [-0.2, -0.15) is 5.10 Å². The van der Waals surface area contributed by atoms with E-state index in [-0.39, 0.29) is 42.6 Å². The molecular formula is C17H18N4O4S. The van der Waals surface area contributed by atoms with Gasteiger partial charge in [-0.15, -0.1) is 17.9 Å². The maximum Gasteiger partial charge on any atom is 0.331 e. The summed E-state index contributed by atoms with van der Waals surface area (Å²) in [6, 6.07) is 3.43. The minimum Gasteiger partial charge on any atom is -0.494 e. The van der Waals surface area contributed by atoms with E-state index in [1.165, 1.54) is 22.4 Å². The van der Waals surface area contributed by atoms with E-state index in [4.69, 9.17) is 0 Å². The lowest BCUT2D eigenvalue weighted by Gasteiger charge is -2.19. The topological polar surface area (TPSA) is 108 Å². The van der Waals surface area contributed by atoms with Crippen molar-refractivity contribution in [2.24, 2.45) is 5.10 Å². The van der Waals surface area contributed by atoms with Crippen molar-refractivity contribution < 1.29 is 9.90 Å². The molecule has 8 nitrogen and oxygen atoms in total. The van der Waals surface area contributed by atoms with Crippen LogP contribution in [0.5, 0.6) is 5.88 Å². The summed E-state index contributed by atoms with van der Waals surface area (Å²) in [7, 11) is 0. The first kappa shape index (κ1) is 17.9. The van der Waals surface area contributed by atoms with Crippen LogP contribution in [0, 0.1) is 0 Å². The quantitative estimate of drug-likeness (QED) is 0.775. The lowest BCUT2D eigenvalue weighted by Crippen LogP contribution is -2.33. The van der Waals surface area contributed by atoms with Gasteiger partial charge in [0.2, 0.25) is 11.8 Å². The van der Waals surface area contributed by atoms with Crippen LogP contribution in [0.3, 0.4) is 0 Å². The van der Waals surface area contributed by atoms with Gasteiger partial charge >= 0.3 is 5.69 Å². The van der Waals surface area contributed by atoms with E-state index in [1.807, 2.05) is 17.5 Å². The van der Waals surface area contributed by atoms with Crippen LogP contribution in [0.25, 0.3) is 0 Å². The predicted molar refractivity (Wildman–Crippen MR) is 98.5 cm³/mol. The monoisotopic (exact) mass is 374 g/mol. The van der Waals surface area contributed by atoms with Gasteiger partial charge < -0.3 is 5.11 Å². The molecule has 136 valence electrons. The van der Waals surface area contributed by atoms with Crippen LogP contribution in [0.1, 0.15) is 36.2 Å². The van der Waals surface area contributed by atoms with Gasteiger partial charge in [0.1, 0.15) is 5.56 Å². The highest BCUT2D eigenvalue weighted by Crippen LogP contribution is 2.35. The Morgan fingerprint density at radius 1 is 1.54 bits per heavy atom. The number of thiophene rings is 1. The van der Waals surface area contributed by atoms with Gasteiger partial charge in [0.05, 0.1) is 11.8 Å². The van der Waals surface area contributed by atoms with Crippen molar-refractivity contribution in [3.63, 3.8) is 0 Å². The Labute approximate surface area is 152 Å². The largest absolute Gasteiger partial charge is 0.494 e. The molecule has 0 aromatic carbocycles. The van der Waals surface area contributed by atoms with Crippen molar-refractivity contribution in [3.8, 4) is 5.88 Å². The van der Waals surface area contributed by atoms with Crippen molar-refractivity contribution >= 4 is 23.0 Å². The Morgan fingerprint density at radius 2 is 2.31 bits per heavy atom. The summed E-state index contributed by atoms with van der Waals surface area (Å²) in [5.74, 6) is -0.665. The summed E-state index contributed by atoms with van der Waals surface area (Å²) in [4.78, 5) is 39.6. The average molecular weight is 374 g/mol. The Bertz CT molecular complexity index is 987.